The second-order valence-corrected chi connectivity index (χ2v) is 4.31. The fourth-order valence-corrected chi connectivity index (χ4v) is 1.91. The van der Waals surface area contributed by atoms with Gasteiger partial charge in [-0.05, 0) is 31.5 Å². The molecule has 0 aliphatic carbocycles. The molecule has 2 aromatic rings. The van der Waals surface area contributed by atoms with Crippen LogP contribution in [0.3, 0.4) is 0 Å². The van der Waals surface area contributed by atoms with Crippen molar-refractivity contribution in [2.45, 2.75) is 19.9 Å². The van der Waals surface area contributed by atoms with Crippen LogP contribution >= 0.6 is 0 Å². The third kappa shape index (κ3) is 3.85. The topological polar surface area (TPSA) is 56.1 Å². The maximum absolute atomic E-state index is 12.1. The quantitative estimate of drug-likeness (QED) is 0.786. The summed E-state index contributed by atoms with van der Waals surface area (Å²) in [6.07, 6.45) is 4.49. The Morgan fingerprint density at radius 3 is 2.95 bits per heavy atom. The van der Waals surface area contributed by atoms with E-state index in [0.717, 1.165) is 13.0 Å². The summed E-state index contributed by atoms with van der Waals surface area (Å²) in [4.78, 5) is 12.1. The lowest BCUT2D eigenvalue weighted by Gasteiger charge is -2.10. The molecular weight excluding hydrogens is 254 g/mol. The van der Waals surface area contributed by atoms with Crippen molar-refractivity contribution >= 4 is 5.91 Å². The molecule has 0 bridgehead atoms. The third-order valence-electron chi connectivity index (χ3n) is 2.84. The van der Waals surface area contributed by atoms with Crippen LogP contribution in [0.15, 0.2) is 42.7 Å². The van der Waals surface area contributed by atoms with Crippen molar-refractivity contribution in [3.63, 3.8) is 0 Å². The number of hydrogen-bond acceptors (Lipinski definition) is 3. The predicted octanol–water partition coefficient (Wildman–Crippen LogP) is 2.10. The van der Waals surface area contributed by atoms with Gasteiger partial charge in [0.15, 0.2) is 0 Å². The molecule has 1 amide bonds. The molecule has 5 nitrogen and oxygen atoms in total. The summed E-state index contributed by atoms with van der Waals surface area (Å²) in [6.45, 7) is 3.85. The molecule has 5 heteroatoms. The smallest absolute Gasteiger partial charge is 0.255 e. The molecule has 1 aromatic heterocycles. The van der Waals surface area contributed by atoms with E-state index in [4.69, 9.17) is 4.74 Å². The number of carbonyl (C=O) groups excluding carboxylic acids is 1. The van der Waals surface area contributed by atoms with E-state index < -0.39 is 0 Å². The zero-order valence-electron chi connectivity index (χ0n) is 11.6. The highest BCUT2D eigenvalue weighted by molar-refractivity contribution is 5.96. The van der Waals surface area contributed by atoms with Crippen molar-refractivity contribution in [2.75, 3.05) is 13.2 Å². The maximum Gasteiger partial charge on any atom is 0.255 e. The van der Waals surface area contributed by atoms with Crippen LogP contribution in [-0.4, -0.2) is 28.8 Å². The summed E-state index contributed by atoms with van der Waals surface area (Å²) in [6, 6.07) is 9.16. The maximum atomic E-state index is 12.1. The van der Waals surface area contributed by atoms with Gasteiger partial charge in [0.25, 0.3) is 5.91 Å². The molecule has 0 fully saturated rings. The molecule has 0 aliphatic heterocycles. The molecule has 0 aliphatic rings. The van der Waals surface area contributed by atoms with Crippen LogP contribution in [-0.2, 0) is 6.54 Å². The lowest BCUT2D eigenvalue weighted by molar-refractivity contribution is 0.0949. The fourth-order valence-electron chi connectivity index (χ4n) is 1.91. The monoisotopic (exact) mass is 273 g/mol. The van der Waals surface area contributed by atoms with Crippen molar-refractivity contribution in [2.24, 2.45) is 0 Å². The van der Waals surface area contributed by atoms with Crippen LogP contribution in [0, 0.1) is 0 Å². The zero-order valence-corrected chi connectivity index (χ0v) is 11.6. The van der Waals surface area contributed by atoms with Crippen LogP contribution in [0.25, 0.3) is 0 Å². The molecule has 106 valence electrons. The SMILES string of the molecule is CCOc1ccccc1C(=O)NCCCn1cccn1. The summed E-state index contributed by atoms with van der Waals surface area (Å²) in [5, 5.41) is 7.01. The van der Waals surface area contributed by atoms with Crippen LogP contribution in [0.1, 0.15) is 23.7 Å². The minimum absolute atomic E-state index is 0.102. The van der Waals surface area contributed by atoms with E-state index in [2.05, 4.69) is 10.4 Å². The van der Waals surface area contributed by atoms with Crippen LogP contribution in [0.5, 0.6) is 5.75 Å². The molecular formula is C15H19N3O2. The Hall–Kier alpha value is -2.30. The van der Waals surface area contributed by atoms with E-state index in [1.54, 1.807) is 12.3 Å². The van der Waals surface area contributed by atoms with Gasteiger partial charge >= 0.3 is 0 Å². The minimum Gasteiger partial charge on any atom is -0.493 e. The summed E-state index contributed by atoms with van der Waals surface area (Å²) in [5.74, 6) is 0.522. The first kappa shape index (κ1) is 14.1. The number of carbonyl (C=O) groups is 1. The number of hydrogen-bond donors (Lipinski definition) is 1. The zero-order chi connectivity index (χ0) is 14.2. The van der Waals surface area contributed by atoms with E-state index in [-0.39, 0.29) is 5.91 Å². The van der Waals surface area contributed by atoms with Crippen LogP contribution in [0.2, 0.25) is 0 Å². The summed E-state index contributed by atoms with van der Waals surface area (Å²) >= 11 is 0. The molecule has 20 heavy (non-hydrogen) atoms. The molecule has 1 heterocycles. The van der Waals surface area contributed by atoms with Crippen molar-refractivity contribution in [3.05, 3.63) is 48.3 Å². The molecule has 0 radical (unpaired) electrons. The Bertz CT molecular complexity index is 538. The first-order valence-corrected chi connectivity index (χ1v) is 6.78. The Kier molecular flexibility index (Phi) is 5.17. The summed E-state index contributed by atoms with van der Waals surface area (Å²) in [7, 11) is 0. The largest absolute Gasteiger partial charge is 0.493 e. The van der Waals surface area contributed by atoms with Gasteiger partial charge < -0.3 is 10.1 Å². The number of nitrogens with one attached hydrogen (secondary N) is 1. The lowest BCUT2D eigenvalue weighted by atomic mass is 10.2. The normalized spacial score (nSPS) is 10.2. The van der Waals surface area contributed by atoms with Gasteiger partial charge in [-0.1, -0.05) is 12.1 Å². The van der Waals surface area contributed by atoms with Gasteiger partial charge in [-0.3, -0.25) is 9.48 Å². The highest BCUT2D eigenvalue weighted by Crippen LogP contribution is 2.17. The second kappa shape index (κ2) is 7.33. The van der Waals surface area contributed by atoms with E-state index >= 15 is 0 Å². The molecule has 0 saturated heterocycles. The van der Waals surface area contributed by atoms with E-state index in [0.29, 0.717) is 24.5 Å². The summed E-state index contributed by atoms with van der Waals surface area (Å²) in [5.41, 5.74) is 0.577. The van der Waals surface area contributed by atoms with Gasteiger partial charge in [-0.15, -0.1) is 0 Å². The van der Waals surface area contributed by atoms with Crippen LogP contribution in [0.4, 0.5) is 0 Å². The number of aromatic nitrogens is 2. The Morgan fingerprint density at radius 2 is 2.20 bits per heavy atom. The van der Waals surface area contributed by atoms with Crippen molar-refractivity contribution < 1.29 is 9.53 Å². The van der Waals surface area contributed by atoms with Gasteiger partial charge in [0.2, 0.25) is 0 Å². The van der Waals surface area contributed by atoms with E-state index in [9.17, 15) is 4.79 Å². The molecule has 0 saturated carbocycles. The fraction of sp³-hybridized carbons (Fsp3) is 0.333. The molecule has 1 aromatic carbocycles. The highest BCUT2D eigenvalue weighted by Gasteiger charge is 2.10. The molecule has 0 unspecified atom stereocenters. The Morgan fingerprint density at radius 1 is 1.35 bits per heavy atom. The number of nitrogens with zero attached hydrogens (tertiary/aromatic N) is 2. The summed E-state index contributed by atoms with van der Waals surface area (Å²) < 4.78 is 7.30. The van der Waals surface area contributed by atoms with Crippen molar-refractivity contribution in [3.8, 4) is 5.75 Å². The number of amides is 1. The van der Waals surface area contributed by atoms with Gasteiger partial charge in [-0.25, -0.2) is 0 Å². The highest BCUT2D eigenvalue weighted by atomic mass is 16.5. The lowest BCUT2D eigenvalue weighted by Crippen LogP contribution is -2.25. The molecule has 1 N–H and O–H groups in total. The Balaban J connectivity index is 1.82. The van der Waals surface area contributed by atoms with E-state index in [1.165, 1.54) is 0 Å². The third-order valence-corrected chi connectivity index (χ3v) is 2.84. The average Bonchev–Trinajstić information content (AvgIpc) is 2.97. The number of rotatable bonds is 7. The second-order valence-electron chi connectivity index (χ2n) is 4.31. The van der Waals surface area contributed by atoms with Gasteiger partial charge in [0.05, 0.1) is 12.2 Å². The average molecular weight is 273 g/mol. The van der Waals surface area contributed by atoms with Crippen LogP contribution < -0.4 is 10.1 Å². The molecule has 2 rings (SSSR count). The van der Waals surface area contributed by atoms with Gasteiger partial charge in [0.1, 0.15) is 5.75 Å². The van der Waals surface area contributed by atoms with Crippen molar-refractivity contribution in [1.29, 1.82) is 0 Å². The standard InChI is InChI=1S/C15H19N3O2/c1-2-20-14-8-4-3-7-13(14)15(19)16-9-5-11-18-12-6-10-17-18/h3-4,6-8,10,12H,2,5,9,11H2,1H3,(H,16,19). The first-order chi connectivity index (χ1) is 9.81. The van der Waals surface area contributed by atoms with Gasteiger partial charge in [0, 0.05) is 25.5 Å². The Labute approximate surface area is 118 Å². The van der Waals surface area contributed by atoms with Crippen molar-refractivity contribution in [1.82, 2.24) is 15.1 Å². The number of benzene rings is 1. The first-order valence-electron chi connectivity index (χ1n) is 6.78. The molecule has 0 spiro atoms. The minimum atomic E-state index is -0.102. The number of aryl methyl sites for hydroxylation is 1. The van der Waals surface area contributed by atoms with E-state index in [1.807, 2.05) is 42.1 Å². The molecule has 0 atom stereocenters. The number of para-hydroxylation sites is 1. The van der Waals surface area contributed by atoms with Gasteiger partial charge in [-0.2, -0.15) is 5.10 Å². The number of ether oxygens (including phenoxy) is 1. The predicted molar refractivity (Wildman–Crippen MR) is 76.8 cm³/mol.